The average Bonchev–Trinajstić information content (AvgIpc) is 2.99. The number of ether oxygens (including phenoxy) is 3. The molecule has 0 spiro atoms. The number of carbonyl (C=O) groups excluding carboxylic acids is 1. The molecule has 1 fully saturated rings. The molecular weight excluding hydrogens is 320 g/mol. The van der Waals surface area contributed by atoms with Gasteiger partial charge in [0.25, 0.3) is 0 Å². The molecule has 1 saturated heterocycles. The minimum Gasteiger partial charge on any atom is -0.443 e. The molecule has 6 heteroatoms. The lowest BCUT2D eigenvalue weighted by molar-refractivity contribution is -0.175. The maximum Gasteiger partial charge on any atom is 0.414 e. The number of anilines is 1. The average molecular weight is 348 g/mol. The number of amides is 1. The molecule has 0 aromatic heterocycles. The standard InChI is InChI=1S/C19H28N2O4/c1-19(2,3)25-18(22)21-9-8-14-6-4-7-15(17(14)21)12-20-13-16-23-10-5-11-24-16/h4,6-7,16,20H,5,8-13H2,1-3H3. The van der Waals surface area contributed by atoms with Gasteiger partial charge in [0.2, 0.25) is 0 Å². The highest BCUT2D eigenvalue weighted by atomic mass is 16.7. The smallest absolute Gasteiger partial charge is 0.414 e. The van der Waals surface area contributed by atoms with E-state index in [1.807, 2.05) is 26.8 Å². The Morgan fingerprint density at radius 2 is 2.08 bits per heavy atom. The van der Waals surface area contributed by atoms with E-state index in [4.69, 9.17) is 14.2 Å². The van der Waals surface area contributed by atoms with E-state index < -0.39 is 5.60 Å². The van der Waals surface area contributed by atoms with Crippen LogP contribution in [0, 0.1) is 0 Å². The SMILES string of the molecule is CC(C)(C)OC(=O)N1CCc2cccc(CNCC3OCCCO3)c21. The summed E-state index contributed by atoms with van der Waals surface area (Å²) in [6.45, 7) is 9.12. The van der Waals surface area contributed by atoms with Crippen LogP contribution in [0.5, 0.6) is 0 Å². The van der Waals surface area contributed by atoms with E-state index in [0.717, 1.165) is 37.3 Å². The van der Waals surface area contributed by atoms with Crippen LogP contribution in [-0.2, 0) is 27.2 Å². The number of nitrogens with one attached hydrogen (secondary N) is 1. The summed E-state index contributed by atoms with van der Waals surface area (Å²) in [4.78, 5) is 14.3. The Morgan fingerprint density at radius 1 is 1.32 bits per heavy atom. The number of benzene rings is 1. The van der Waals surface area contributed by atoms with Crippen LogP contribution in [0.25, 0.3) is 0 Å². The highest BCUT2D eigenvalue weighted by Gasteiger charge is 2.30. The second-order valence-corrected chi connectivity index (χ2v) is 7.46. The van der Waals surface area contributed by atoms with Gasteiger partial charge in [-0.3, -0.25) is 4.90 Å². The number of hydrogen-bond acceptors (Lipinski definition) is 5. The summed E-state index contributed by atoms with van der Waals surface area (Å²) in [5.74, 6) is 0. The predicted molar refractivity (Wildman–Crippen MR) is 95.7 cm³/mol. The van der Waals surface area contributed by atoms with E-state index in [1.54, 1.807) is 4.90 Å². The molecule has 1 aromatic carbocycles. The highest BCUT2D eigenvalue weighted by Crippen LogP contribution is 2.33. The fraction of sp³-hybridized carbons (Fsp3) is 0.632. The summed E-state index contributed by atoms with van der Waals surface area (Å²) in [6.07, 6.45) is 1.34. The first kappa shape index (κ1) is 18.2. The number of nitrogens with zero attached hydrogens (tertiary/aromatic N) is 1. The zero-order chi connectivity index (χ0) is 17.9. The molecule has 2 aliphatic heterocycles. The van der Waals surface area contributed by atoms with Crippen molar-refractivity contribution < 1.29 is 19.0 Å². The summed E-state index contributed by atoms with van der Waals surface area (Å²) in [5, 5.41) is 3.38. The summed E-state index contributed by atoms with van der Waals surface area (Å²) < 4.78 is 16.7. The summed E-state index contributed by atoms with van der Waals surface area (Å²) in [7, 11) is 0. The molecule has 25 heavy (non-hydrogen) atoms. The Morgan fingerprint density at radius 3 is 2.80 bits per heavy atom. The van der Waals surface area contributed by atoms with E-state index in [9.17, 15) is 4.79 Å². The van der Waals surface area contributed by atoms with E-state index in [0.29, 0.717) is 19.6 Å². The second kappa shape index (κ2) is 7.72. The Labute approximate surface area is 149 Å². The number of rotatable bonds is 4. The summed E-state index contributed by atoms with van der Waals surface area (Å²) in [6, 6.07) is 6.18. The van der Waals surface area contributed by atoms with Crippen LogP contribution < -0.4 is 10.2 Å². The lowest BCUT2D eigenvalue weighted by Crippen LogP contribution is -2.37. The Bertz CT molecular complexity index is 606. The lowest BCUT2D eigenvalue weighted by Gasteiger charge is -2.26. The van der Waals surface area contributed by atoms with Crippen LogP contribution in [0.4, 0.5) is 10.5 Å². The van der Waals surface area contributed by atoms with Gasteiger partial charge in [-0.1, -0.05) is 18.2 Å². The van der Waals surface area contributed by atoms with Crippen molar-refractivity contribution in [3.63, 3.8) is 0 Å². The topological polar surface area (TPSA) is 60.0 Å². The molecule has 1 amide bonds. The highest BCUT2D eigenvalue weighted by molar-refractivity contribution is 5.91. The molecule has 0 radical (unpaired) electrons. The summed E-state index contributed by atoms with van der Waals surface area (Å²) in [5.41, 5.74) is 2.77. The van der Waals surface area contributed by atoms with Crippen molar-refractivity contribution in [3.8, 4) is 0 Å². The molecular formula is C19H28N2O4. The molecule has 2 aliphatic rings. The molecule has 3 rings (SSSR count). The van der Waals surface area contributed by atoms with Crippen molar-refractivity contribution in [2.24, 2.45) is 0 Å². The third-order valence-corrected chi connectivity index (χ3v) is 4.21. The van der Waals surface area contributed by atoms with E-state index in [-0.39, 0.29) is 12.4 Å². The van der Waals surface area contributed by atoms with E-state index >= 15 is 0 Å². The van der Waals surface area contributed by atoms with Gasteiger partial charge in [-0.05, 0) is 44.7 Å². The van der Waals surface area contributed by atoms with Crippen molar-refractivity contribution in [2.75, 3.05) is 31.2 Å². The third-order valence-electron chi connectivity index (χ3n) is 4.21. The van der Waals surface area contributed by atoms with Crippen molar-refractivity contribution in [1.29, 1.82) is 0 Å². The Kier molecular flexibility index (Phi) is 5.61. The van der Waals surface area contributed by atoms with Crippen LogP contribution in [0.1, 0.15) is 38.3 Å². The maximum atomic E-state index is 12.5. The van der Waals surface area contributed by atoms with E-state index in [2.05, 4.69) is 17.4 Å². The molecule has 2 heterocycles. The van der Waals surface area contributed by atoms with Gasteiger partial charge in [-0.25, -0.2) is 4.79 Å². The maximum absolute atomic E-state index is 12.5. The molecule has 6 nitrogen and oxygen atoms in total. The number of para-hydroxylation sites is 1. The first-order valence-electron chi connectivity index (χ1n) is 8.99. The predicted octanol–water partition coefficient (Wildman–Crippen LogP) is 2.84. The van der Waals surface area contributed by atoms with Gasteiger partial charge in [-0.15, -0.1) is 0 Å². The van der Waals surface area contributed by atoms with Gasteiger partial charge in [0.1, 0.15) is 5.60 Å². The van der Waals surface area contributed by atoms with Gasteiger partial charge in [-0.2, -0.15) is 0 Å². The molecule has 138 valence electrons. The number of hydrogen-bond donors (Lipinski definition) is 1. The Balaban J connectivity index is 1.65. The quantitative estimate of drug-likeness (QED) is 0.907. The number of carbonyl (C=O) groups is 1. The van der Waals surface area contributed by atoms with Gasteiger partial charge >= 0.3 is 6.09 Å². The van der Waals surface area contributed by atoms with Crippen molar-refractivity contribution in [2.45, 2.75) is 52.0 Å². The molecule has 0 unspecified atom stereocenters. The first-order valence-corrected chi connectivity index (χ1v) is 8.99. The van der Waals surface area contributed by atoms with Crippen molar-refractivity contribution in [1.82, 2.24) is 5.32 Å². The Hall–Kier alpha value is -1.63. The van der Waals surface area contributed by atoms with Crippen LogP contribution in [0.15, 0.2) is 18.2 Å². The fourth-order valence-electron chi connectivity index (χ4n) is 3.16. The molecule has 0 atom stereocenters. The molecule has 1 N–H and O–H groups in total. The van der Waals surface area contributed by atoms with Crippen LogP contribution >= 0.6 is 0 Å². The van der Waals surface area contributed by atoms with Gasteiger partial charge in [0.05, 0.1) is 18.9 Å². The van der Waals surface area contributed by atoms with Gasteiger partial charge in [0, 0.05) is 19.6 Å². The molecule has 0 bridgehead atoms. The largest absolute Gasteiger partial charge is 0.443 e. The van der Waals surface area contributed by atoms with Gasteiger partial charge < -0.3 is 19.5 Å². The zero-order valence-corrected chi connectivity index (χ0v) is 15.3. The second-order valence-electron chi connectivity index (χ2n) is 7.46. The van der Waals surface area contributed by atoms with Crippen molar-refractivity contribution >= 4 is 11.8 Å². The van der Waals surface area contributed by atoms with E-state index in [1.165, 1.54) is 5.56 Å². The monoisotopic (exact) mass is 348 g/mol. The first-order chi connectivity index (χ1) is 11.9. The molecule has 1 aromatic rings. The zero-order valence-electron chi connectivity index (χ0n) is 15.3. The minimum atomic E-state index is -0.497. The fourth-order valence-corrected chi connectivity index (χ4v) is 3.16. The summed E-state index contributed by atoms with van der Waals surface area (Å²) >= 11 is 0. The lowest BCUT2D eigenvalue weighted by atomic mass is 10.1. The van der Waals surface area contributed by atoms with Crippen molar-refractivity contribution in [3.05, 3.63) is 29.3 Å². The molecule has 0 aliphatic carbocycles. The number of fused-ring (bicyclic) bond motifs is 1. The normalized spacial score (nSPS) is 18.3. The third kappa shape index (κ3) is 4.71. The molecule has 0 saturated carbocycles. The van der Waals surface area contributed by atoms with Crippen LogP contribution in [-0.4, -0.2) is 44.3 Å². The minimum absolute atomic E-state index is 0.188. The van der Waals surface area contributed by atoms with Gasteiger partial charge in [0.15, 0.2) is 6.29 Å². The van der Waals surface area contributed by atoms with Crippen LogP contribution in [0.2, 0.25) is 0 Å². The van der Waals surface area contributed by atoms with Crippen LogP contribution in [0.3, 0.4) is 0 Å².